The molecule has 1 aromatic rings. The van der Waals surface area contributed by atoms with Crippen LogP contribution in [0.2, 0.25) is 0 Å². The van der Waals surface area contributed by atoms with Gasteiger partial charge in [-0.3, -0.25) is 5.73 Å². The maximum Gasteiger partial charge on any atom is 0.340 e. The van der Waals surface area contributed by atoms with E-state index in [0.29, 0.717) is 12.2 Å². The summed E-state index contributed by atoms with van der Waals surface area (Å²) in [6.07, 6.45) is 0.385. The zero-order valence-electron chi connectivity index (χ0n) is 9.87. The van der Waals surface area contributed by atoms with Crippen molar-refractivity contribution in [3.05, 3.63) is 35.9 Å². The number of hydrogen-bond acceptors (Lipinski definition) is 5. The molecule has 2 unspecified atom stereocenters. The standard InChI is InChI=1S/C13H15NO4/c14-13(8-17-10-6-7-16-11(10)13)18-12(15)9-4-2-1-3-5-9/h1-5,10-11H,6-8,14H2/t10-,11?,13?/m1/s1. The third-order valence-electron chi connectivity index (χ3n) is 3.33. The Morgan fingerprint density at radius 3 is 2.89 bits per heavy atom. The van der Waals surface area contributed by atoms with E-state index in [0.717, 1.165) is 6.42 Å². The fourth-order valence-electron chi connectivity index (χ4n) is 2.41. The van der Waals surface area contributed by atoms with Crippen LogP contribution in [-0.4, -0.2) is 37.1 Å². The molecule has 0 saturated carbocycles. The molecule has 96 valence electrons. The summed E-state index contributed by atoms with van der Waals surface area (Å²) in [4.78, 5) is 12.0. The van der Waals surface area contributed by atoms with Crippen molar-refractivity contribution in [2.45, 2.75) is 24.4 Å². The monoisotopic (exact) mass is 249 g/mol. The van der Waals surface area contributed by atoms with E-state index in [-0.39, 0.29) is 18.8 Å². The number of fused-ring (bicyclic) bond motifs is 1. The average molecular weight is 249 g/mol. The molecule has 0 spiro atoms. The van der Waals surface area contributed by atoms with E-state index in [1.807, 2.05) is 6.07 Å². The average Bonchev–Trinajstić information content (AvgIpc) is 2.96. The van der Waals surface area contributed by atoms with Crippen molar-refractivity contribution in [2.75, 3.05) is 13.2 Å². The van der Waals surface area contributed by atoms with E-state index in [4.69, 9.17) is 19.9 Å². The number of carbonyl (C=O) groups excluding carboxylic acids is 1. The quantitative estimate of drug-likeness (QED) is 0.616. The van der Waals surface area contributed by atoms with E-state index in [2.05, 4.69) is 0 Å². The molecule has 2 aliphatic heterocycles. The van der Waals surface area contributed by atoms with Crippen LogP contribution in [0.3, 0.4) is 0 Å². The van der Waals surface area contributed by atoms with Gasteiger partial charge in [-0.2, -0.15) is 0 Å². The van der Waals surface area contributed by atoms with Gasteiger partial charge in [0.1, 0.15) is 12.7 Å². The van der Waals surface area contributed by atoms with Crippen molar-refractivity contribution in [1.82, 2.24) is 0 Å². The van der Waals surface area contributed by atoms with Gasteiger partial charge in [0.15, 0.2) is 0 Å². The Balaban J connectivity index is 1.74. The summed E-state index contributed by atoms with van der Waals surface area (Å²) in [6, 6.07) is 8.77. The minimum absolute atomic E-state index is 0.0569. The third kappa shape index (κ3) is 1.90. The van der Waals surface area contributed by atoms with Crippen LogP contribution in [0.15, 0.2) is 30.3 Å². The smallest absolute Gasteiger partial charge is 0.340 e. The normalized spacial score (nSPS) is 34.3. The predicted octanol–water partition coefficient (Wildman–Crippen LogP) is 0.686. The highest BCUT2D eigenvalue weighted by Crippen LogP contribution is 2.33. The van der Waals surface area contributed by atoms with Gasteiger partial charge in [-0.15, -0.1) is 0 Å². The molecule has 3 rings (SSSR count). The Labute approximate surface area is 105 Å². The highest BCUT2D eigenvalue weighted by molar-refractivity contribution is 5.89. The van der Waals surface area contributed by atoms with Crippen LogP contribution < -0.4 is 5.73 Å². The Morgan fingerprint density at radius 1 is 1.33 bits per heavy atom. The maximum absolute atomic E-state index is 12.0. The van der Waals surface area contributed by atoms with Gasteiger partial charge < -0.3 is 14.2 Å². The Kier molecular flexibility index (Phi) is 2.81. The van der Waals surface area contributed by atoms with Crippen molar-refractivity contribution in [1.29, 1.82) is 0 Å². The van der Waals surface area contributed by atoms with E-state index < -0.39 is 11.7 Å². The van der Waals surface area contributed by atoms with Crippen molar-refractivity contribution >= 4 is 5.97 Å². The number of benzene rings is 1. The summed E-state index contributed by atoms with van der Waals surface area (Å²) < 4.78 is 16.4. The molecule has 0 aromatic heterocycles. The number of rotatable bonds is 2. The topological polar surface area (TPSA) is 70.8 Å². The minimum Gasteiger partial charge on any atom is -0.435 e. The second-order valence-corrected chi connectivity index (χ2v) is 4.64. The molecule has 5 nitrogen and oxygen atoms in total. The number of ether oxygens (including phenoxy) is 3. The first-order valence-electron chi connectivity index (χ1n) is 5.99. The molecule has 0 amide bonds. The van der Waals surface area contributed by atoms with Crippen LogP contribution in [0.5, 0.6) is 0 Å². The fraction of sp³-hybridized carbons (Fsp3) is 0.462. The highest BCUT2D eigenvalue weighted by Gasteiger charge is 2.53. The Bertz CT molecular complexity index is 450. The van der Waals surface area contributed by atoms with Gasteiger partial charge in [0.2, 0.25) is 5.72 Å². The second kappa shape index (κ2) is 4.35. The largest absolute Gasteiger partial charge is 0.435 e. The molecule has 2 N–H and O–H groups in total. The lowest BCUT2D eigenvalue weighted by atomic mass is 10.1. The van der Waals surface area contributed by atoms with Crippen molar-refractivity contribution in [2.24, 2.45) is 5.73 Å². The maximum atomic E-state index is 12.0. The van der Waals surface area contributed by atoms with E-state index in [1.165, 1.54) is 0 Å². The van der Waals surface area contributed by atoms with Crippen LogP contribution in [0.1, 0.15) is 16.8 Å². The van der Waals surface area contributed by atoms with Gasteiger partial charge in [0, 0.05) is 6.61 Å². The molecule has 0 radical (unpaired) electrons. The van der Waals surface area contributed by atoms with Crippen LogP contribution in [0.25, 0.3) is 0 Å². The molecular weight excluding hydrogens is 234 g/mol. The summed E-state index contributed by atoms with van der Waals surface area (Å²) in [6.45, 7) is 0.776. The van der Waals surface area contributed by atoms with Crippen molar-refractivity contribution in [3.8, 4) is 0 Å². The van der Waals surface area contributed by atoms with E-state index >= 15 is 0 Å². The highest BCUT2D eigenvalue weighted by atomic mass is 16.6. The van der Waals surface area contributed by atoms with Gasteiger partial charge in [0.05, 0.1) is 11.7 Å². The van der Waals surface area contributed by atoms with Crippen LogP contribution in [-0.2, 0) is 14.2 Å². The molecule has 2 saturated heterocycles. The summed E-state index contributed by atoms with van der Waals surface area (Å²) in [5, 5.41) is 0. The first kappa shape index (κ1) is 11.6. The van der Waals surface area contributed by atoms with Crippen LogP contribution in [0, 0.1) is 0 Å². The van der Waals surface area contributed by atoms with Crippen molar-refractivity contribution < 1.29 is 19.0 Å². The first-order valence-corrected chi connectivity index (χ1v) is 5.99. The fourth-order valence-corrected chi connectivity index (χ4v) is 2.41. The lowest BCUT2D eigenvalue weighted by Crippen LogP contribution is -2.54. The van der Waals surface area contributed by atoms with E-state index in [1.54, 1.807) is 24.3 Å². The second-order valence-electron chi connectivity index (χ2n) is 4.64. The number of hydrogen-bond donors (Lipinski definition) is 1. The molecule has 0 aliphatic carbocycles. The van der Waals surface area contributed by atoms with Crippen LogP contribution >= 0.6 is 0 Å². The molecule has 1 aromatic carbocycles. The lowest BCUT2D eigenvalue weighted by molar-refractivity contribution is -0.0776. The molecule has 2 heterocycles. The number of carbonyl (C=O) groups is 1. The molecule has 2 aliphatic rings. The summed E-state index contributed by atoms with van der Waals surface area (Å²) in [7, 11) is 0. The van der Waals surface area contributed by atoms with Gasteiger partial charge in [-0.05, 0) is 18.6 Å². The molecular formula is C13H15NO4. The van der Waals surface area contributed by atoms with Crippen molar-refractivity contribution in [3.63, 3.8) is 0 Å². The minimum atomic E-state index is -1.17. The molecule has 2 fully saturated rings. The summed E-state index contributed by atoms with van der Waals surface area (Å²) >= 11 is 0. The lowest BCUT2D eigenvalue weighted by Gasteiger charge is -2.27. The molecule has 5 heteroatoms. The molecule has 3 atom stereocenters. The SMILES string of the molecule is NC1(OC(=O)c2ccccc2)CO[C@@H]2CCOC21. The van der Waals surface area contributed by atoms with Crippen LogP contribution in [0.4, 0.5) is 0 Å². The third-order valence-corrected chi connectivity index (χ3v) is 3.33. The zero-order chi connectivity index (χ0) is 12.6. The molecule has 0 bridgehead atoms. The Morgan fingerprint density at radius 2 is 2.11 bits per heavy atom. The van der Waals surface area contributed by atoms with Gasteiger partial charge in [0.25, 0.3) is 0 Å². The van der Waals surface area contributed by atoms with Gasteiger partial charge in [-0.25, -0.2) is 4.79 Å². The molecule has 18 heavy (non-hydrogen) atoms. The Hall–Kier alpha value is -1.43. The number of nitrogens with two attached hydrogens (primary N) is 1. The first-order chi connectivity index (χ1) is 8.69. The summed E-state index contributed by atoms with van der Waals surface area (Å²) in [5.41, 5.74) is 5.39. The van der Waals surface area contributed by atoms with E-state index in [9.17, 15) is 4.79 Å². The zero-order valence-corrected chi connectivity index (χ0v) is 9.87. The van der Waals surface area contributed by atoms with Gasteiger partial charge in [-0.1, -0.05) is 18.2 Å². The summed E-state index contributed by atoms with van der Waals surface area (Å²) in [5.74, 6) is -0.446. The van der Waals surface area contributed by atoms with Gasteiger partial charge >= 0.3 is 5.97 Å². The number of esters is 1. The predicted molar refractivity (Wildman–Crippen MR) is 62.9 cm³/mol.